The third-order valence-corrected chi connectivity index (χ3v) is 3.74. The average Bonchev–Trinajstić information content (AvgIpc) is 2.91. The van der Waals surface area contributed by atoms with E-state index in [1.807, 2.05) is 47.9 Å². The maximum atomic E-state index is 5.97. The zero-order valence-electron chi connectivity index (χ0n) is 13.0. The van der Waals surface area contributed by atoms with Crippen molar-refractivity contribution in [2.75, 3.05) is 14.2 Å². The predicted octanol–water partition coefficient (Wildman–Crippen LogP) is 2.79. The minimum absolute atomic E-state index is 0.389. The number of imidazole rings is 1. The van der Waals surface area contributed by atoms with E-state index in [2.05, 4.69) is 0 Å². The van der Waals surface area contributed by atoms with Gasteiger partial charge in [0.2, 0.25) is 0 Å². The number of hydrogen-bond donors (Lipinski definition) is 1. The lowest BCUT2D eigenvalue weighted by Crippen LogP contribution is -2.03. The summed E-state index contributed by atoms with van der Waals surface area (Å²) >= 11 is 0. The fourth-order valence-electron chi connectivity index (χ4n) is 2.61. The van der Waals surface area contributed by atoms with Gasteiger partial charge in [-0.3, -0.25) is 0 Å². The standard InChI is InChI=1S/C17H19N3O2/c1-11-6-7-20-14(10-18)17(19-16(20)8-11)13-9-12(21-2)4-5-15(13)22-3/h4-9H,10,18H2,1-3H3. The fourth-order valence-corrected chi connectivity index (χ4v) is 2.61. The molecule has 22 heavy (non-hydrogen) atoms. The van der Waals surface area contributed by atoms with Crippen LogP contribution < -0.4 is 15.2 Å². The van der Waals surface area contributed by atoms with Crippen LogP contribution in [0.3, 0.4) is 0 Å². The molecule has 0 fully saturated rings. The Bertz CT molecular complexity index is 824. The molecule has 0 aliphatic carbocycles. The molecule has 0 radical (unpaired) electrons. The Hall–Kier alpha value is -2.53. The number of benzene rings is 1. The maximum absolute atomic E-state index is 5.97. The highest BCUT2D eigenvalue weighted by Gasteiger charge is 2.17. The summed E-state index contributed by atoms with van der Waals surface area (Å²) in [5, 5.41) is 0. The first-order chi connectivity index (χ1) is 10.7. The highest BCUT2D eigenvalue weighted by Crippen LogP contribution is 2.35. The zero-order valence-corrected chi connectivity index (χ0v) is 13.0. The number of ether oxygens (including phenoxy) is 2. The molecule has 2 heterocycles. The van der Waals surface area contributed by atoms with Crippen LogP contribution in [0.4, 0.5) is 0 Å². The number of aryl methyl sites for hydroxylation is 1. The number of fused-ring (bicyclic) bond motifs is 1. The van der Waals surface area contributed by atoms with Gasteiger partial charge in [-0.25, -0.2) is 4.98 Å². The summed E-state index contributed by atoms with van der Waals surface area (Å²) in [7, 11) is 3.29. The van der Waals surface area contributed by atoms with Crippen molar-refractivity contribution in [3.05, 3.63) is 47.8 Å². The van der Waals surface area contributed by atoms with Crippen molar-refractivity contribution in [1.29, 1.82) is 0 Å². The van der Waals surface area contributed by atoms with Gasteiger partial charge in [-0.05, 0) is 42.8 Å². The van der Waals surface area contributed by atoms with Gasteiger partial charge in [0, 0.05) is 18.3 Å². The van der Waals surface area contributed by atoms with Gasteiger partial charge in [0.15, 0.2) is 0 Å². The number of methoxy groups -OCH3 is 2. The van der Waals surface area contributed by atoms with Crippen LogP contribution in [0.2, 0.25) is 0 Å². The van der Waals surface area contributed by atoms with Crippen LogP contribution in [0.25, 0.3) is 16.9 Å². The van der Waals surface area contributed by atoms with Gasteiger partial charge in [-0.2, -0.15) is 0 Å². The van der Waals surface area contributed by atoms with Gasteiger partial charge in [0.05, 0.1) is 25.6 Å². The van der Waals surface area contributed by atoms with E-state index in [9.17, 15) is 0 Å². The number of hydrogen-bond acceptors (Lipinski definition) is 4. The molecule has 0 amide bonds. The van der Waals surface area contributed by atoms with Crippen LogP contribution in [0.15, 0.2) is 36.5 Å². The highest BCUT2D eigenvalue weighted by molar-refractivity contribution is 5.73. The minimum Gasteiger partial charge on any atom is -0.497 e. The molecule has 0 aliphatic rings. The Labute approximate surface area is 129 Å². The molecule has 5 heteroatoms. The Kier molecular flexibility index (Phi) is 3.73. The van der Waals surface area contributed by atoms with Crippen LogP contribution in [-0.4, -0.2) is 23.6 Å². The summed E-state index contributed by atoms with van der Waals surface area (Å²) in [6, 6.07) is 9.75. The summed E-state index contributed by atoms with van der Waals surface area (Å²) in [5.41, 5.74) is 10.6. The molecule has 0 aliphatic heterocycles. The summed E-state index contributed by atoms with van der Waals surface area (Å²) in [6.45, 7) is 2.43. The molecule has 0 bridgehead atoms. The molecule has 3 aromatic rings. The first-order valence-electron chi connectivity index (χ1n) is 7.08. The monoisotopic (exact) mass is 297 g/mol. The lowest BCUT2D eigenvalue weighted by molar-refractivity contribution is 0.404. The van der Waals surface area contributed by atoms with Crippen molar-refractivity contribution in [3.63, 3.8) is 0 Å². The van der Waals surface area contributed by atoms with E-state index >= 15 is 0 Å². The normalized spacial score (nSPS) is 10.9. The fraction of sp³-hybridized carbons (Fsp3) is 0.235. The number of pyridine rings is 1. The van der Waals surface area contributed by atoms with Gasteiger partial charge in [0.1, 0.15) is 17.1 Å². The second-order valence-corrected chi connectivity index (χ2v) is 5.11. The minimum atomic E-state index is 0.389. The van der Waals surface area contributed by atoms with Crippen molar-refractivity contribution in [3.8, 4) is 22.8 Å². The number of nitrogens with zero attached hydrogens (tertiary/aromatic N) is 2. The number of nitrogens with two attached hydrogens (primary N) is 1. The Balaban J connectivity index is 2.29. The Morgan fingerprint density at radius 2 is 1.95 bits per heavy atom. The summed E-state index contributed by atoms with van der Waals surface area (Å²) < 4.78 is 12.8. The largest absolute Gasteiger partial charge is 0.497 e. The smallest absolute Gasteiger partial charge is 0.137 e. The first-order valence-corrected chi connectivity index (χ1v) is 7.08. The van der Waals surface area contributed by atoms with Gasteiger partial charge in [0.25, 0.3) is 0 Å². The van der Waals surface area contributed by atoms with E-state index in [1.165, 1.54) is 0 Å². The van der Waals surface area contributed by atoms with Crippen molar-refractivity contribution in [1.82, 2.24) is 9.38 Å². The second kappa shape index (κ2) is 5.69. The first kappa shape index (κ1) is 14.4. The number of rotatable bonds is 4. The average molecular weight is 297 g/mol. The van der Waals surface area contributed by atoms with E-state index in [1.54, 1.807) is 14.2 Å². The molecule has 0 unspecified atom stereocenters. The SMILES string of the molecule is COc1ccc(OC)c(-c2nc3cc(C)ccn3c2CN)c1. The van der Waals surface area contributed by atoms with Crippen LogP contribution >= 0.6 is 0 Å². The van der Waals surface area contributed by atoms with E-state index in [0.717, 1.165) is 39.7 Å². The van der Waals surface area contributed by atoms with E-state index in [4.69, 9.17) is 20.2 Å². The summed E-state index contributed by atoms with van der Waals surface area (Å²) in [6.07, 6.45) is 2.00. The van der Waals surface area contributed by atoms with E-state index in [-0.39, 0.29) is 0 Å². The van der Waals surface area contributed by atoms with Gasteiger partial charge in [-0.15, -0.1) is 0 Å². The van der Waals surface area contributed by atoms with Crippen molar-refractivity contribution in [2.24, 2.45) is 5.73 Å². The molecule has 2 N–H and O–H groups in total. The predicted molar refractivity (Wildman–Crippen MR) is 86.4 cm³/mol. The third-order valence-electron chi connectivity index (χ3n) is 3.74. The molecule has 2 aromatic heterocycles. The van der Waals surface area contributed by atoms with E-state index < -0.39 is 0 Å². The maximum Gasteiger partial charge on any atom is 0.137 e. The van der Waals surface area contributed by atoms with Crippen LogP contribution in [0.5, 0.6) is 11.5 Å². The third kappa shape index (κ3) is 2.29. The Morgan fingerprint density at radius 3 is 2.64 bits per heavy atom. The quantitative estimate of drug-likeness (QED) is 0.804. The van der Waals surface area contributed by atoms with Crippen molar-refractivity contribution < 1.29 is 9.47 Å². The molecular formula is C17H19N3O2. The lowest BCUT2D eigenvalue weighted by Gasteiger charge is -2.10. The Morgan fingerprint density at radius 1 is 1.14 bits per heavy atom. The van der Waals surface area contributed by atoms with Crippen molar-refractivity contribution >= 4 is 5.65 Å². The summed E-state index contributed by atoms with van der Waals surface area (Å²) in [4.78, 5) is 4.75. The highest BCUT2D eigenvalue weighted by atomic mass is 16.5. The molecule has 5 nitrogen and oxygen atoms in total. The van der Waals surface area contributed by atoms with E-state index in [0.29, 0.717) is 6.54 Å². The molecule has 0 saturated heterocycles. The molecule has 114 valence electrons. The van der Waals surface area contributed by atoms with Crippen LogP contribution in [0.1, 0.15) is 11.3 Å². The topological polar surface area (TPSA) is 61.8 Å². The lowest BCUT2D eigenvalue weighted by atomic mass is 10.1. The zero-order chi connectivity index (χ0) is 15.7. The molecule has 3 rings (SSSR count). The van der Waals surface area contributed by atoms with Gasteiger partial charge < -0.3 is 19.6 Å². The molecular weight excluding hydrogens is 278 g/mol. The molecule has 0 spiro atoms. The molecule has 1 aromatic carbocycles. The number of aromatic nitrogens is 2. The summed E-state index contributed by atoms with van der Waals surface area (Å²) in [5.74, 6) is 1.50. The van der Waals surface area contributed by atoms with Gasteiger partial charge >= 0.3 is 0 Å². The van der Waals surface area contributed by atoms with Crippen molar-refractivity contribution in [2.45, 2.75) is 13.5 Å². The second-order valence-electron chi connectivity index (χ2n) is 5.11. The van der Waals surface area contributed by atoms with Gasteiger partial charge in [-0.1, -0.05) is 0 Å². The molecule has 0 atom stereocenters. The van der Waals surface area contributed by atoms with Crippen LogP contribution in [0, 0.1) is 6.92 Å². The molecule has 0 saturated carbocycles. The van der Waals surface area contributed by atoms with Crippen LogP contribution in [-0.2, 0) is 6.54 Å².